The Bertz CT molecular complexity index is 912. The number of nitrogens with zero attached hydrogens (tertiary/aromatic N) is 2. The highest BCUT2D eigenvalue weighted by Gasteiger charge is 2.19. The number of hydrogen-bond donors (Lipinski definition) is 1. The number of hydrazone groups is 1. The van der Waals surface area contributed by atoms with Crippen molar-refractivity contribution in [1.29, 1.82) is 0 Å². The molecule has 10 nitrogen and oxygen atoms in total. The van der Waals surface area contributed by atoms with Crippen molar-refractivity contribution in [2.45, 2.75) is 0 Å². The van der Waals surface area contributed by atoms with Crippen LogP contribution in [-0.4, -0.2) is 45.5 Å². The summed E-state index contributed by atoms with van der Waals surface area (Å²) in [6, 6.07) is 7.27. The minimum Gasteiger partial charge on any atom is -0.497 e. The second-order valence-corrected chi connectivity index (χ2v) is 5.29. The predicted octanol–water partition coefficient (Wildman–Crippen LogP) is 2.39. The van der Waals surface area contributed by atoms with Crippen LogP contribution in [0.4, 0.5) is 5.69 Å². The first-order valence-electron chi connectivity index (χ1n) is 7.91. The first kappa shape index (κ1) is 20.5. The summed E-state index contributed by atoms with van der Waals surface area (Å²) in [4.78, 5) is 23.0. The van der Waals surface area contributed by atoms with E-state index in [1.54, 1.807) is 12.1 Å². The highest BCUT2D eigenvalue weighted by molar-refractivity contribution is 5.98. The molecule has 1 N–H and O–H groups in total. The van der Waals surface area contributed by atoms with Gasteiger partial charge >= 0.3 is 0 Å². The molecule has 0 saturated carbocycles. The quantitative estimate of drug-likeness (QED) is 0.418. The van der Waals surface area contributed by atoms with Gasteiger partial charge in [0.05, 0.1) is 56.8 Å². The van der Waals surface area contributed by atoms with E-state index in [4.69, 9.17) is 18.9 Å². The van der Waals surface area contributed by atoms with Gasteiger partial charge in [0.1, 0.15) is 11.5 Å². The molecule has 0 heterocycles. The molecule has 28 heavy (non-hydrogen) atoms. The summed E-state index contributed by atoms with van der Waals surface area (Å²) < 4.78 is 20.4. The molecule has 0 aliphatic rings. The number of rotatable bonds is 8. The third-order valence-corrected chi connectivity index (χ3v) is 3.75. The van der Waals surface area contributed by atoms with Crippen molar-refractivity contribution in [3.05, 3.63) is 51.6 Å². The Hall–Kier alpha value is -3.82. The third kappa shape index (κ3) is 4.47. The van der Waals surface area contributed by atoms with Crippen LogP contribution in [0, 0.1) is 10.1 Å². The third-order valence-electron chi connectivity index (χ3n) is 3.75. The summed E-state index contributed by atoms with van der Waals surface area (Å²) in [7, 11) is 5.69. The lowest BCUT2D eigenvalue weighted by molar-refractivity contribution is -0.385. The monoisotopic (exact) mass is 389 g/mol. The number of hydrogen-bond acceptors (Lipinski definition) is 8. The number of amides is 1. The van der Waals surface area contributed by atoms with E-state index in [1.165, 1.54) is 46.6 Å². The van der Waals surface area contributed by atoms with E-state index >= 15 is 0 Å². The Balaban J connectivity index is 2.27. The lowest BCUT2D eigenvalue weighted by Gasteiger charge is -2.09. The van der Waals surface area contributed by atoms with Gasteiger partial charge in [0, 0.05) is 6.07 Å². The summed E-state index contributed by atoms with van der Waals surface area (Å²) >= 11 is 0. The van der Waals surface area contributed by atoms with Gasteiger partial charge < -0.3 is 18.9 Å². The fourth-order valence-electron chi connectivity index (χ4n) is 2.35. The fourth-order valence-corrected chi connectivity index (χ4v) is 2.35. The van der Waals surface area contributed by atoms with Crippen LogP contribution in [0.25, 0.3) is 0 Å². The van der Waals surface area contributed by atoms with Gasteiger partial charge in [0.15, 0.2) is 11.5 Å². The summed E-state index contributed by atoms with van der Waals surface area (Å²) in [5.41, 5.74) is 2.41. The van der Waals surface area contributed by atoms with Crippen LogP contribution in [0.2, 0.25) is 0 Å². The molecular formula is C18H19N3O7. The first-order chi connectivity index (χ1) is 13.4. The largest absolute Gasteiger partial charge is 0.497 e. The van der Waals surface area contributed by atoms with Crippen LogP contribution < -0.4 is 24.4 Å². The molecule has 1 amide bonds. The molecule has 0 unspecified atom stereocenters. The molecule has 0 bridgehead atoms. The number of methoxy groups -OCH3 is 4. The van der Waals surface area contributed by atoms with E-state index in [0.29, 0.717) is 11.5 Å². The number of ether oxygens (including phenoxy) is 4. The van der Waals surface area contributed by atoms with Crippen LogP contribution in [0.15, 0.2) is 35.4 Å². The molecule has 10 heteroatoms. The molecule has 0 spiro atoms. The molecule has 2 rings (SSSR count). The van der Waals surface area contributed by atoms with Gasteiger partial charge in [-0.1, -0.05) is 0 Å². The second-order valence-electron chi connectivity index (χ2n) is 5.29. The number of nitrogens with one attached hydrogen (secondary N) is 1. The van der Waals surface area contributed by atoms with Crippen molar-refractivity contribution in [1.82, 2.24) is 5.43 Å². The van der Waals surface area contributed by atoms with Crippen LogP contribution in [0.1, 0.15) is 15.9 Å². The Labute approximate surface area is 160 Å². The zero-order valence-electron chi connectivity index (χ0n) is 15.7. The molecule has 0 fully saturated rings. The van der Waals surface area contributed by atoms with E-state index in [1.807, 2.05) is 0 Å². The second kappa shape index (κ2) is 9.21. The molecular weight excluding hydrogens is 370 g/mol. The zero-order chi connectivity index (χ0) is 20.7. The van der Waals surface area contributed by atoms with Gasteiger partial charge in [0.2, 0.25) is 0 Å². The fraction of sp³-hybridized carbons (Fsp3) is 0.222. The summed E-state index contributed by atoms with van der Waals surface area (Å²) in [6.07, 6.45) is 1.15. The number of carbonyl (C=O) groups excluding carboxylic acids is 1. The van der Waals surface area contributed by atoms with Crippen molar-refractivity contribution < 1.29 is 28.7 Å². The molecule has 0 aromatic heterocycles. The maximum absolute atomic E-state index is 12.3. The highest BCUT2D eigenvalue weighted by atomic mass is 16.6. The van der Waals surface area contributed by atoms with E-state index in [-0.39, 0.29) is 28.3 Å². The van der Waals surface area contributed by atoms with E-state index in [2.05, 4.69) is 10.5 Å². The maximum Gasteiger partial charge on any atom is 0.282 e. The molecule has 0 atom stereocenters. The van der Waals surface area contributed by atoms with Gasteiger partial charge in [0.25, 0.3) is 11.6 Å². The van der Waals surface area contributed by atoms with Crippen molar-refractivity contribution in [3.8, 4) is 23.0 Å². The topological polar surface area (TPSA) is 122 Å². The van der Waals surface area contributed by atoms with Crippen LogP contribution in [0.3, 0.4) is 0 Å². The Morgan fingerprint density at radius 1 is 1.00 bits per heavy atom. The molecule has 0 saturated heterocycles. The Morgan fingerprint density at radius 3 is 2.21 bits per heavy atom. The molecule has 0 aliphatic heterocycles. The van der Waals surface area contributed by atoms with Crippen molar-refractivity contribution in [2.24, 2.45) is 5.10 Å². The first-order valence-corrected chi connectivity index (χ1v) is 7.91. The minimum absolute atomic E-state index is 0.129. The average molecular weight is 389 g/mol. The number of nitro groups is 1. The smallest absolute Gasteiger partial charge is 0.282 e. The van der Waals surface area contributed by atoms with E-state index < -0.39 is 10.8 Å². The van der Waals surface area contributed by atoms with Crippen molar-refractivity contribution in [2.75, 3.05) is 28.4 Å². The number of carbonyl (C=O) groups is 1. The lowest BCUT2D eigenvalue weighted by Crippen LogP contribution is -2.18. The van der Waals surface area contributed by atoms with Crippen molar-refractivity contribution >= 4 is 17.8 Å². The summed E-state index contributed by atoms with van der Waals surface area (Å²) in [5, 5.41) is 15.1. The van der Waals surface area contributed by atoms with Crippen molar-refractivity contribution in [3.63, 3.8) is 0 Å². The van der Waals surface area contributed by atoms with Gasteiger partial charge in [-0.3, -0.25) is 14.9 Å². The highest BCUT2D eigenvalue weighted by Crippen LogP contribution is 2.33. The van der Waals surface area contributed by atoms with Crippen LogP contribution in [0.5, 0.6) is 23.0 Å². The minimum atomic E-state index is -0.586. The van der Waals surface area contributed by atoms with Crippen LogP contribution >= 0.6 is 0 Å². The molecule has 0 radical (unpaired) electrons. The van der Waals surface area contributed by atoms with Crippen LogP contribution in [-0.2, 0) is 0 Å². The Morgan fingerprint density at radius 2 is 1.64 bits per heavy atom. The predicted molar refractivity (Wildman–Crippen MR) is 101 cm³/mol. The maximum atomic E-state index is 12.3. The summed E-state index contributed by atoms with van der Waals surface area (Å²) in [5.74, 6) is 0.761. The summed E-state index contributed by atoms with van der Waals surface area (Å²) in [6.45, 7) is 0. The average Bonchev–Trinajstić information content (AvgIpc) is 2.72. The molecule has 2 aromatic carbocycles. The normalized spacial score (nSPS) is 10.4. The van der Waals surface area contributed by atoms with Gasteiger partial charge in [-0.25, -0.2) is 5.43 Å². The van der Waals surface area contributed by atoms with E-state index in [9.17, 15) is 14.9 Å². The van der Waals surface area contributed by atoms with Gasteiger partial charge in [-0.15, -0.1) is 0 Å². The standard InChI is InChI=1S/C18H19N3O7/c1-25-12-5-6-13(15(8-12)26-2)18(22)20-19-10-11-7-16(27-3)17(28-4)9-14(11)21(23)24/h5-10H,1-4H3,(H,20,22)/b19-10-. The SMILES string of the molecule is COc1ccc(C(=O)N/N=C\c2cc(OC)c(OC)cc2[N+](=O)[O-])c(OC)c1. The lowest BCUT2D eigenvalue weighted by atomic mass is 10.1. The number of benzene rings is 2. The molecule has 148 valence electrons. The molecule has 2 aromatic rings. The Kier molecular flexibility index (Phi) is 6.74. The zero-order valence-corrected chi connectivity index (χ0v) is 15.7. The van der Waals surface area contributed by atoms with E-state index in [0.717, 1.165) is 6.21 Å². The molecule has 0 aliphatic carbocycles. The van der Waals surface area contributed by atoms with Gasteiger partial charge in [-0.05, 0) is 18.2 Å². The van der Waals surface area contributed by atoms with Gasteiger partial charge in [-0.2, -0.15) is 5.10 Å². The number of nitro benzene ring substituents is 1.